The fourth-order valence-electron chi connectivity index (χ4n) is 1.41. The van der Waals surface area contributed by atoms with Crippen LogP contribution in [0.5, 0.6) is 0 Å². The maximum absolute atomic E-state index is 4.60. The van der Waals surface area contributed by atoms with E-state index in [1.165, 1.54) is 0 Å². The van der Waals surface area contributed by atoms with E-state index in [1.54, 1.807) is 0 Å². The highest BCUT2D eigenvalue weighted by molar-refractivity contribution is 7.98. The van der Waals surface area contributed by atoms with Gasteiger partial charge in [0.05, 0.1) is 0 Å². The Labute approximate surface area is 109 Å². The Hall–Kier alpha value is -0.770. The molecule has 0 radical (unpaired) electrons. The molecule has 1 heterocycles. The lowest BCUT2D eigenvalue weighted by molar-refractivity contribution is 0.730. The smallest absolute Gasteiger partial charge is 0.133 e. The number of nitrogens with one attached hydrogen (secondary N) is 1. The topological polar surface area (TPSA) is 37.8 Å². The normalized spacial score (nSPS) is 11.2. The zero-order valence-electron chi connectivity index (χ0n) is 11.4. The van der Waals surface area contributed by atoms with Gasteiger partial charge < -0.3 is 5.32 Å². The molecule has 1 N–H and O–H groups in total. The van der Waals surface area contributed by atoms with Gasteiger partial charge in [0, 0.05) is 30.0 Å². The number of thioether (sulfide) groups is 1. The molecule has 0 bridgehead atoms. The highest BCUT2D eigenvalue weighted by atomic mass is 32.2. The minimum absolute atomic E-state index is 0.370. The van der Waals surface area contributed by atoms with Crippen LogP contribution in [0.2, 0.25) is 0 Å². The summed E-state index contributed by atoms with van der Waals surface area (Å²) in [6, 6.07) is 2.07. The molecule has 0 unspecified atom stereocenters. The molecule has 0 aliphatic heterocycles. The summed E-state index contributed by atoms with van der Waals surface area (Å²) in [4.78, 5) is 9.16. The van der Waals surface area contributed by atoms with Gasteiger partial charge >= 0.3 is 0 Å². The first-order valence-electron chi connectivity index (χ1n) is 6.16. The summed E-state index contributed by atoms with van der Waals surface area (Å²) < 4.78 is 0. The highest BCUT2D eigenvalue weighted by Crippen LogP contribution is 2.19. The van der Waals surface area contributed by atoms with Gasteiger partial charge in [-0.3, -0.25) is 0 Å². The Balaban J connectivity index is 2.88. The van der Waals surface area contributed by atoms with Crippen molar-refractivity contribution in [2.24, 2.45) is 0 Å². The van der Waals surface area contributed by atoms with E-state index in [9.17, 15) is 0 Å². The minimum Gasteiger partial charge on any atom is -0.369 e. The molecule has 0 fully saturated rings. The first-order chi connectivity index (χ1) is 8.04. The lowest BCUT2D eigenvalue weighted by Gasteiger charge is -2.13. The first-order valence-corrected chi connectivity index (χ1v) is 7.55. The number of rotatable bonds is 6. The Kier molecular flexibility index (Phi) is 5.75. The van der Waals surface area contributed by atoms with Gasteiger partial charge in [-0.05, 0) is 12.2 Å². The van der Waals surface area contributed by atoms with Crippen LogP contribution in [0.15, 0.2) is 6.07 Å². The van der Waals surface area contributed by atoms with Crippen molar-refractivity contribution in [3.63, 3.8) is 0 Å². The van der Waals surface area contributed by atoms with Crippen molar-refractivity contribution in [1.29, 1.82) is 0 Å². The van der Waals surface area contributed by atoms with Crippen molar-refractivity contribution in [2.45, 2.75) is 39.5 Å². The second-order valence-corrected chi connectivity index (χ2v) is 5.75. The monoisotopic (exact) mass is 253 g/mol. The van der Waals surface area contributed by atoms with Crippen LogP contribution in [0, 0.1) is 0 Å². The number of hydrogen-bond acceptors (Lipinski definition) is 4. The minimum atomic E-state index is 0.370. The van der Waals surface area contributed by atoms with Gasteiger partial charge in [-0.25, -0.2) is 9.97 Å². The largest absolute Gasteiger partial charge is 0.369 e. The second-order valence-electron chi connectivity index (χ2n) is 4.77. The molecular weight excluding hydrogens is 230 g/mol. The molecule has 0 saturated heterocycles. The van der Waals surface area contributed by atoms with Gasteiger partial charge in [-0.15, -0.1) is 0 Å². The first kappa shape index (κ1) is 14.3. The summed E-state index contributed by atoms with van der Waals surface area (Å²) in [6.45, 7) is 9.54. The maximum Gasteiger partial charge on any atom is 0.133 e. The molecule has 1 aromatic heterocycles. The molecule has 4 heteroatoms. The summed E-state index contributed by atoms with van der Waals surface area (Å²) in [6.07, 6.45) is 2.11. The van der Waals surface area contributed by atoms with E-state index in [-0.39, 0.29) is 0 Å². The SMILES string of the molecule is CSCCNc1cc(C(C)C)nc(C(C)C)n1. The number of hydrogen-bond donors (Lipinski definition) is 1. The van der Waals surface area contributed by atoms with Crippen molar-refractivity contribution in [3.8, 4) is 0 Å². The number of aromatic nitrogens is 2. The summed E-state index contributed by atoms with van der Waals surface area (Å²) in [7, 11) is 0. The molecule has 0 aromatic carbocycles. The maximum atomic E-state index is 4.60. The fourth-order valence-corrected chi connectivity index (χ4v) is 1.72. The van der Waals surface area contributed by atoms with Gasteiger partial charge in [0.25, 0.3) is 0 Å². The Morgan fingerprint density at radius 1 is 1.18 bits per heavy atom. The van der Waals surface area contributed by atoms with E-state index in [1.807, 2.05) is 11.8 Å². The van der Waals surface area contributed by atoms with E-state index in [4.69, 9.17) is 0 Å². The molecule has 0 spiro atoms. The van der Waals surface area contributed by atoms with Crippen LogP contribution in [-0.2, 0) is 0 Å². The standard InChI is InChI=1S/C13H23N3S/c1-9(2)11-8-12(14-6-7-17-5)16-13(15-11)10(3)4/h8-10H,6-7H2,1-5H3,(H,14,15,16). The van der Waals surface area contributed by atoms with E-state index >= 15 is 0 Å². The Bertz CT molecular complexity index is 324. The lowest BCUT2D eigenvalue weighted by Crippen LogP contribution is -2.10. The predicted molar refractivity (Wildman–Crippen MR) is 77.1 cm³/mol. The van der Waals surface area contributed by atoms with Crippen LogP contribution in [0.3, 0.4) is 0 Å². The lowest BCUT2D eigenvalue weighted by atomic mass is 10.1. The van der Waals surface area contributed by atoms with Crippen LogP contribution in [0.4, 0.5) is 5.82 Å². The van der Waals surface area contributed by atoms with Crippen LogP contribution in [-0.4, -0.2) is 28.5 Å². The number of nitrogens with zero attached hydrogens (tertiary/aromatic N) is 2. The summed E-state index contributed by atoms with van der Waals surface area (Å²) in [5.41, 5.74) is 1.12. The molecule has 1 aromatic rings. The van der Waals surface area contributed by atoms with E-state index in [2.05, 4.69) is 55.3 Å². The van der Waals surface area contributed by atoms with Crippen molar-refractivity contribution in [1.82, 2.24) is 9.97 Å². The summed E-state index contributed by atoms with van der Waals surface area (Å²) in [5.74, 6) is 3.80. The molecule has 96 valence electrons. The molecule has 0 saturated carbocycles. The van der Waals surface area contributed by atoms with Crippen LogP contribution < -0.4 is 5.32 Å². The zero-order chi connectivity index (χ0) is 12.8. The van der Waals surface area contributed by atoms with Gasteiger partial charge in [0.2, 0.25) is 0 Å². The van der Waals surface area contributed by atoms with Gasteiger partial charge in [0.15, 0.2) is 0 Å². The quantitative estimate of drug-likeness (QED) is 0.787. The third-order valence-electron chi connectivity index (χ3n) is 2.48. The Morgan fingerprint density at radius 3 is 2.41 bits per heavy atom. The van der Waals surface area contributed by atoms with E-state index < -0.39 is 0 Å². The molecule has 17 heavy (non-hydrogen) atoms. The molecule has 0 amide bonds. The van der Waals surface area contributed by atoms with Crippen LogP contribution in [0.1, 0.15) is 51.0 Å². The summed E-state index contributed by atoms with van der Waals surface area (Å²) in [5, 5.41) is 3.36. The average Bonchev–Trinajstić information content (AvgIpc) is 2.29. The molecule has 0 atom stereocenters. The zero-order valence-corrected chi connectivity index (χ0v) is 12.3. The van der Waals surface area contributed by atoms with Gasteiger partial charge in [-0.2, -0.15) is 11.8 Å². The molecule has 3 nitrogen and oxygen atoms in total. The van der Waals surface area contributed by atoms with Gasteiger partial charge in [-0.1, -0.05) is 27.7 Å². The molecule has 0 aliphatic rings. The molecule has 0 aliphatic carbocycles. The fraction of sp³-hybridized carbons (Fsp3) is 0.692. The highest BCUT2D eigenvalue weighted by Gasteiger charge is 2.09. The van der Waals surface area contributed by atoms with E-state index in [0.29, 0.717) is 11.8 Å². The average molecular weight is 253 g/mol. The number of anilines is 1. The van der Waals surface area contributed by atoms with Crippen molar-refractivity contribution in [2.75, 3.05) is 23.9 Å². The second kappa shape index (κ2) is 6.84. The van der Waals surface area contributed by atoms with Crippen molar-refractivity contribution in [3.05, 3.63) is 17.6 Å². The Morgan fingerprint density at radius 2 is 1.88 bits per heavy atom. The molecular formula is C13H23N3S. The van der Waals surface area contributed by atoms with Crippen LogP contribution >= 0.6 is 11.8 Å². The third kappa shape index (κ3) is 4.54. The predicted octanol–water partition coefficient (Wildman–Crippen LogP) is 3.50. The summed E-state index contributed by atoms with van der Waals surface area (Å²) >= 11 is 1.84. The third-order valence-corrected chi connectivity index (χ3v) is 3.10. The van der Waals surface area contributed by atoms with E-state index in [0.717, 1.165) is 29.6 Å². The molecule has 1 rings (SSSR count). The van der Waals surface area contributed by atoms with Crippen molar-refractivity contribution < 1.29 is 0 Å². The van der Waals surface area contributed by atoms with Crippen molar-refractivity contribution >= 4 is 17.6 Å². The van der Waals surface area contributed by atoms with Crippen LogP contribution in [0.25, 0.3) is 0 Å². The van der Waals surface area contributed by atoms with Gasteiger partial charge in [0.1, 0.15) is 11.6 Å².